The standard InChI is InChI=1S/C17H17N3O2S/c1-21-13-3-4-14-15(10-13)23-17(19-14)12-2-5-16(18-11-12)20-6-8-22-9-7-20/h2-5,10-11H,6-9H2,1H3. The fraction of sp³-hybridized carbons (Fsp3) is 0.294. The van der Waals surface area contributed by atoms with Gasteiger partial charge in [0.05, 0.1) is 30.5 Å². The number of anilines is 1. The molecule has 0 N–H and O–H groups in total. The minimum absolute atomic E-state index is 0.767. The van der Waals surface area contributed by atoms with Gasteiger partial charge in [0.25, 0.3) is 0 Å². The molecule has 1 aromatic carbocycles. The highest BCUT2D eigenvalue weighted by molar-refractivity contribution is 7.21. The first-order valence-electron chi connectivity index (χ1n) is 7.57. The number of aromatic nitrogens is 2. The average molecular weight is 327 g/mol. The van der Waals surface area contributed by atoms with Crippen LogP contribution >= 0.6 is 11.3 Å². The lowest BCUT2D eigenvalue weighted by Gasteiger charge is -2.27. The maximum atomic E-state index is 5.38. The highest BCUT2D eigenvalue weighted by Gasteiger charge is 2.13. The minimum atomic E-state index is 0.767. The molecule has 0 bridgehead atoms. The topological polar surface area (TPSA) is 47.5 Å². The molecule has 0 aliphatic carbocycles. The molecule has 0 unspecified atom stereocenters. The van der Waals surface area contributed by atoms with Crippen molar-refractivity contribution in [3.8, 4) is 16.3 Å². The lowest BCUT2D eigenvalue weighted by atomic mass is 10.2. The van der Waals surface area contributed by atoms with E-state index >= 15 is 0 Å². The van der Waals surface area contributed by atoms with E-state index < -0.39 is 0 Å². The van der Waals surface area contributed by atoms with E-state index in [0.717, 1.165) is 58.7 Å². The summed E-state index contributed by atoms with van der Waals surface area (Å²) in [5, 5.41) is 0.981. The number of pyridine rings is 1. The fourth-order valence-corrected chi connectivity index (χ4v) is 3.63. The van der Waals surface area contributed by atoms with Gasteiger partial charge in [-0.15, -0.1) is 11.3 Å². The molecule has 1 aliphatic heterocycles. The molecule has 2 aromatic heterocycles. The van der Waals surface area contributed by atoms with Crippen LogP contribution in [-0.4, -0.2) is 43.4 Å². The van der Waals surface area contributed by atoms with Gasteiger partial charge in [0, 0.05) is 24.8 Å². The van der Waals surface area contributed by atoms with E-state index in [1.807, 2.05) is 24.4 Å². The van der Waals surface area contributed by atoms with Gasteiger partial charge in [0.2, 0.25) is 0 Å². The third-order valence-electron chi connectivity index (χ3n) is 3.93. The Morgan fingerprint density at radius 1 is 1.17 bits per heavy atom. The van der Waals surface area contributed by atoms with Crippen molar-refractivity contribution in [2.45, 2.75) is 0 Å². The van der Waals surface area contributed by atoms with Gasteiger partial charge in [0.1, 0.15) is 16.6 Å². The van der Waals surface area contributed by atoms with Crippen LogP contribution < -0.4 is 9.64 Å². The summed E-state index contributed by atoms with van der Waals surface area (Å²) in [7, 11) is 1.68. The smallest absolute Gasteiger partial charge is 0.128 e. The molecule has 0 spiro atoms. The van der Waals surface area contributed by atoms with Crippen molar-refractivity contribution in [3.63, 3.8) is 0 Å². The monoisotopic (exact) mass is 327 g/mol. The summed E-state index contributed by atoms with van der Waals surface area (Å²) < 4.78 is 11.8. The van der Waals surface area contributed by atoms with Gasteiger partial charge in [-0.2, -0.15) is 0 Å². The summed E-state index contributed by atoms with van der Waals surface area (Å²) in [5.41, 5.74) is 2.03. The van der Waals surface area contributed by atoms with Gasteiger partial charge in [-0.25, -0.2) is 9.97 Å². The van der Waals surface area contributed by atoms with Crippen LogP contribution in [-0.2, 0) is 4.74 Å². The summed E-state index contributed by atoms with van der Waals surface area (Å²) in [4.78, 5) is 11.5. The molecule has 118 valence electrons. The van der Waals surface area contributed by atoms with Crippen molar-refractivity contribution in [2.24, 2.45) is 0 Å². The zero-order chi connectivity index (χ0) is 15.6. The Balaban J connectivity index is 1.62. The predicted molar refractivity (Wildman–Crippen MR) is 92.4 cm³/mol. The molecule has 0 amide bonds. The number of hydrogen-bond donors (Lipinski definition) is 0. The first kappa shape index (κ1) is 14.4. The second-order valence-electron chi connectivity index (χ2n) is 5.36. The molecule has 1 saturated heterocycles. The molecule has 4 rings (SSSR count). The Hall–Kier alpha value is -2.18. The number of rotatable bonds is 3. The normalized spacial score (nSPS) is 15.1. The Kier molecular flexibility index (Phi) is 3.85. The van der Waals surface area contributed by atoms with Crippen LogP contribution in [0.25, 0.3) is 20.8 Å². The van der Waals surface area contributed by atoms with Gasteiger partial charge < -0.3 is 14.4 Å². The highest BCUT2D eigenvalue weighted by Crippen LogP contribution is 2.32. The molecule has 23 heavy (non-hydrogen) atoms. The second kappa shape index (κ2) is 6.14. The summed E-state index contributed by atoms with van der Waals surface area (Å²) >= 11 is 1.66. The number of benzene rings is 1. The van der Waals surface area contributed by atoms with Crippen LogP contribution in [0.3, 0.4) is 0 Å². The van der Waals surface area contributed by atoms with Crippen molar-refractivity contribution in [3.05, 3.63) is 36.5 Å². The molecule has 1 fully saturated rings. The minimum Gasteiger partial charge on any atom is -0.497 e. The molecule has 6 heteroatoms. The third kappa shape index (κ3) is 2.87. The molecule has 0 radical (unpaired) electrons. The molecular weight excluding hydrogens is 310 g/mol. The largest absolute Gasteiger partial charge is 0.497 e. The number of thiazole rings is 1. The van der Waals surface area contributed by atoms with Gasteiger partial charge >= 0.3 is 0 Å². The molecule has 3 aromatic rings. The van der Waals surface area contributed by atoms with Crippen LogP contribution in [0.1, 0.15) is 0 Å². The van der Waals surface area contributed by atoms with Crippen LogP contribution in [0, 0.1) is 0 Å². The Morgan fingerprint density at radius 3 is 2.78 bits per heavy atom. The zero-order valence-corrected chi connectivity index (χ0v) is 13.7. The van der Waals surface area contributed by atoms with E-state index in [1.165, 1.54) is 0 Å². The first-order valence-corrected chi connectivity index (χ1v) is 8.39. The number of methoxy groups -OCH3 is 1. The zero-order valence-electron chi connectivity index (χ0n) is 12.9. The molecule has 5 nitrogen and oxygen atoms in total. The van der Waals surface area contributed by atoms with Crippen LogP contribution in [0.2, 0.25) is 0 Å². The van der Waals surface area contributed by atoms with Gasteiger partial charge in [-0.05, 0) is 30.3 Å². The van der Waals surface area contributed by atoms with Crippen LogP contribution in [0.5, 0.6) is 5.75 Å². The first-order chi connectivity index (χ1) is 11.3. The van der Waals surface area contributed by atoms with E-state index in [1.54, 1.807) is 18.4 Å². The Labute approximate surface area is 138 Å². The lowest BCUT2D eigenvalue weighted by Crippen LogP contribution is -2.36. The van der Waals surface area contributed by atoms with Crippen molar-refractivity contribution in [1.82, 2.24) is 9.97 Å². The van der Waals surface area contributed by atoms with E-state index in [4.69, 9.17) is 9.47 Å². The number of nitrogens with zero attached hydrogens (tertiary/aromatic N) is 3. The Bertz CT molecular complexity index is 810. The maximum Gasteiger partial charge on any atom is 0.128 e. The van der Waals surface area contributed by atoms with Crippen LogP contribution in [0.15, 0.2) is 36.5 Å². The quantitative estimate of drug-likeness (QED) is 0.739. The van der Waals surface area contributed by atoms with E-state index in [0.29, 0.717) is 0 Å². The number of ether oxygens (including phenoxy) is 2. The third-order valence-corrected chi connectivity index (χ3v) is 4.99. The van der Waals surface area contributed by atoms with Crippen LogP contribution in [0.4, 0.5) is 5.82 Å². The second-order valence-corrected chi connectivity index (χ2v) is 6.39. The molecule has 3 heterocycles. The van der Waals surface area contributed by atoms with Gasteiger partial charge in [0.15, 0.2) is 0 Å². The fourth-order valence-electron chi connectivity index (χ4n) is 2.65. The van der Waals surface area contributed by atoms with Gasteiger partial charge in [-0.1, -0.05) is 0 Å². The van der Waals surface area contributed by atoms with E-state index in [9.17, 15) is 0 Å². The van der Waals surface area contributed by atoms with E-state index in [2.05, 4.69) is 27.0 Å². The van der Waals surface area contributed by atoms with Crippen molar-refractivity contribution < 1.29 is 9.47 Å². The SMILES string of the molecule is COc1ccc2nc(-c3ccc(N4CCOCC4)nc3)sc2c1. The van der Waals surface area contributed by atoms with Gasteiger partial charge in [-0.3, -0.25) is 0 Å². The summed E-state index contributed by atoms with van der Waals surface area (Å²) in [6.07, 6.45) is 1.90. The predicted octanol–water partition coefficient (Wildman–Crippen LogP) is 3.20. The number of hydrogen-bond acceptors (Lipinski definition) is 6. The molecule has 0 saturated carbocycles. The molecular formula is C17H17N3O2S. The molecule has 0 atom stereocenters. The van der Waals surface area contributed by atoms with Crippen molar-refractivity contribution in [1.29, 1.82) is 0 Å². The number of fused-ring (bicyclic) bond motifs is 1. The lowest BCUT2D eigenvalue weighted by molar-refractivity contribution is 0.122. The van der Waals surface area contributed by atoms with Crippen molar-refractivity contribution in [2.75, 3.05) is 38.3 Å². The average Bonchev–Trinajstić information content (AvgIpc) is 3.05. The summed E-state index contributed by atoms with van der Waals surface area (Å²) in [6, 6.07) is 10.1. The summed E-state index contributed by atoms with van der Waals surface area (Å²) in [6.45, 7) is 3.33. The summed E-state index contributed by atoms with van der Waals surface area (Å²) in [5.74, 6) is 1.85. The molecule has 1 aliphatic rings. The highest BCUT2D eigenvalue weighted by atomic mass is 32.1. The Morgan fingerprint density at radius 2 is 2.04 bits per heavy atom. The van der Waals surface area contributed by atoms with Crippen molar-refractivity contribution >= 4 is 27.4 Å². The maximum absolute atomic E-state index is 5.38. The number of morpholine rings is 1. The van der Waals surface area contributed by atoms with E-state index in [-0.39, 0.29) is 0 Å².